The molecule has 1 aliphatic heterocycles. The number of aromatic nitrogens is 2. The van der Waals surface area contributed by atoms with Gasteiger partial charge in [0.05, 0.1) is 5.52 Å². The Bertz CT molecular complexity index is 1020. The van der Waals surface area contributed by atoms with Crippen LogP contribution in [0, 0.1) is 0 Å². The van der Waals surface area contributed by atoms with Gasteiger partial charge in [-0.2, -0.15) is 0 Å². The first-order valence-corrected chi connectivity index (χ1v) is 11.0. The zero-order chi connectivity index (χ0) is 21.8. The van der Waals surface area contributed by atoms with Gasteiger partial charge in [0.2, 0.25) is 0 Å². The Labute approximate surface area is 183 Å². The molecule has 2 aromatic heterocycles. The second kappa shape index (κ2) is 9.49. The van der Waals surface area contributed by atoms with E-state index in [1.165, 1.54) is 0 Å². The molecule has 0 saturated carbocycles. The molecule has 3 heterocycles. The third-order valence-electron chi connectivity index (χ3n) is 5.84. The third-order valence-corrected chi connectivity index (χ3v) is 5.84. The standard InChI is InChI=1S/C24H31N5O2/c1-4-22(29(2)3)21-13-17-15-26-23(14-20(17)27-21)28-24(30)16-5-7-18(8-6-16)31-19-9-11-25-12-10-19/h5-8,13-15,19,22,25,27H,4,9-12H2,1-3H3,(H,26,28,30). The van der Waals surface area contributed by atoms with Crippen LogP contribution in [-0.4, -0.2) is 54.1 Å². The molecular weight excluding hydrogens is 390 g/mol. The van der Waals surface area contributed by atoms with E-state index < -0.39 is 0 Å². The number of amides is 1. The van der Waals surface area contributed by atoms with Crippen molar-refractivity contribution in [1.82, 2.24) is 20.2 Å². The van der Waals surface area contributed by atoms with Crippen molar-refractivity contribution < 1.29 is 9.53 Å². The number of fused-ring (bicyclic) bond motifs is 1. The van der Waals surface area contributed by atoms with E-state index in [9.17, 15) is 4.79 Å². The zero-order valence-corrected chi connectivity index (χ0v) is 18.4. The van der Waals surface area contributed by atoms with Gasteiger partial charge in [-0.15, -0.1) is 0 Å². The molecule has 0 spiro atoms. The van der Waals surface area contributed by atoms with Gasteiger partial charge in [0.25, 0.3) is 5.91 Å². The van der Waals surface area contributed by atoms with E-state index in [1.807, 2.05) is 18.2 Å². The van der Waals surface area contributed by atoms with E-state index in [2.05, 4.69) is 52.6 Å². The molecule has 0 aliphatic carbocycles. The summed E-state index contributed by atoms with van der Waals surface area (Å²) < 4.78 is 6.01. The minimum absolute atomic E-state index is 0.188. The molecule has 3 N–H and O–H groups in total. The van der Waals surface area contributed by atoms with Gasteiger partial charge < -0.3 is 25.3 Å². The van der Waals surface area contributed by atoms with Gasteiger partial charge in [-0.1, -0.05) is 6.92 Å². The molecule has 1 aromatic carbocycles. The highest BCUT2D eigenvalue weighted by atomic mass is 16.5. The number of aromatic amines is 1. The van der Waals surface area contributed by atoms with E-state index in [0.29, 0.717) is 17.4 Å². The summed E-state index contributed by atoms with van der Waals surface area (Å²) in [5.41, 5.74) is 2.69. The summed E-state index contributed by atoms with van der Waals surface area (Å²) in [5.74, 6) is 1.14. The zero-order valence-electron chi connectivity index (χ0n) is 18.4. The van der Waals surface area contributed by atoms with Crippen LogP contribution in [-0.2, 0) is 0 Å². The van der Waals surface area contributed by atoms with Crippen LogP contribution in [0.4, 0.5) is 5.82 Å². The number of nitrogens with one attached hydrogen (secondary N) is 3. The second-order valence-corrected chi connectivity index (χ2v) is 8.31. The molecule has 1 unspecified atom stereocenters. The summed E-state index contributed by atoms with van der Waals surface area (Å²) in [4.78, 5) is 22.8. The fourth-order valence-corrected chi connectivity index (χ4v) is 4.14. The Balaban J connectivity index is 1.42. The Morgan fingerprint density at radius 1 is 1.23 bits per heavy atom. The van der Waals surface area contributed by atoms with Gasteiger partial charge in [-0.3, -0.25) is 4.79 Å². The molecule has 1 saturated heterocycles. The van der Waals surface area contributed by atoms with Gasteiger partial charge in [0.1, 0.15) is 17.7 Å². The number of carbonyl (C=O) groups excluding carboxylic acids is 1. The summed E-state index contributed by atoms with van der Waals surface area (Å²) in [6.45, 7) is 4.14. The number of benzene rings is 1. The van der Waals surface area contributed by atoms with Crippen molar-refractivity contribution in [3.05, 3.63) is 53.9 Å². The number of H-pyrrole nitrogens is 1. The normalized spacial score (nSPS) is 15.9. The van der Waals surface area contributed by atoms with Crippen molar-refractivity contribution in [2.75, 3.05) is 32.5 Å². The highest BCUT2D eigenvalue weighted by molar-refractivity contribution is 6.04. The molecule has 3 aromatic rings. The van der Waals surface area contributed by atoms with Gasteiger partial charge in [-0.05, 0) is 76.8 Å². The topological polar surface area (TPSA) is 82.3 Å². The van der Waals surface area contributed by atoms with Crippen LogP contribution in [0.2, 0.25) is 0 Å². The predicted molar refractivity (Wildman–Crippen MR) is 124 cm³/mol. The smallest absolute Gasteiger partial charge is 0.256 e. The first-order valence-electron chi connectivity index (χ1n) is 11.0. The first kappa shape index (κ1) is 21.3. The lowest BCUT2D eigenvalue weighted by Crippen LogP contribution is -2.34. The van der Waals surface area contributed by atoms with Crippen molar-refractivity contribution in [2.45, 2.75) is 38.3 Å². The molecule has 164 valence electrons. The van der Waals surface area contributed by atoms with E-state index >= 15 is 0 Å². The molecule has 0 bridgehead atoms. The van der Waals surface area contributed by atoms with Crippen LogP contribution in [0.5, 0.6) is 5.75 Å². The molecule has 1 amide bonds. The summed E-state index contributed by atoms with van der Waals surface area (Å²) in [6, 6.07) is 11.6. The highest BCUT2D eigenvalue weighted by Crippen LogP contribution is 2.26. The number of carbonyl (C=O) groups is 1. The van der Waals surface area contributed by atoms with E-state index in [4.69, 9.17) is 4.74 Å². The SMILES string of the molecule is CCC(c1cc2cnc(NC(=O)c3ccc(OC4CCNCC4)cc3)cc2[nH]1)N(C)C. The van der Waals surface area contributed by atoms with Crippen LogP contribution in [0.1, 0.15) is 48.3 Å². The predicted octanol–water partition coefficient (Wildman–Crippen LogP) is 3.96. The molecule has 1 fully saturated rings. The first-order chi connectivity index (χ1) is 15.0. The number of piperidine rings is 1. The quantitative estimate of drug-likeness (QED) is 0.538. The Morgan fingerprint density at radius 2 is 1.97 bits per heavy atom. The van der Waals surface area contributed by atoms with Crippen molar-refractivity contribution in [3.8, 4) is 5.75 Å². The molecular formula is C24H31N5O2. The molecule has 31 heavy (non-hydrogen) atoms. The van der Waals surface area contributed by atoms with E-state index in [0.717, 1.165) is 54.7 Å². The van der Waals surface area contributed by atoms with Gasteiger partial charge >= 0.3 is 0 Å². The number of nitrogens with zero attached hydrogens (tertiary/aromatic N) is 2. The van der Waals surface area contributed by atoms with Crippen molar-refractivity contribution in [2.24, 2.45) is 0 Å². The number of hydrogen-bond donors (Lipinski definition) is 3. The lowest BCUT2D eigenvalue weighted by Gasteiger charge is -2.23. The minimum atomic E-state index is -0.188. The second-order valence-electron chi connectivity index (χ2n) is 8.31. The molecule has 4 rings (SSSR count). The molecule has 1 aliphatic rings. The average Bonchev–Trinajstić information content (AvgIpc) is 3.18. The fourth-order valence-electron chi connectivity index (χ4n) is 4.14. The van der Waals surface area contributed by atoms with E-state index in [-0.39, 0.29) is 12.0 Å². The Hall–Kier alpha value is -2.90. The van der Waals surface area contributed by atoms with Crippen molar-refractivity contribution >= 4 is 22.6 Å². The number of ether oxygens (including phenoxy) is 1. The maximum atomic E-state index is 12.7. The van der Waals surface area contributed by atoms with Crippen LogP contribution < -0.4 is 15.4 Å². The van der Waals surface area contributed by atoms with Gasteiger partial charge in [-0.25, -0.2) is 4.98 Å². The summed E-state index contributed by atoms with van der Waals surface area (Å²) in [5, 5.41) is 7.26. The number of rotatable bonds is 7. The van der Waals surface area contributed by atoms with Crippen LogP contribution in [0.3, 0.4) is 0 Å². The summed E-state index contributed by atoms with van der Waals surface area (Å²) in [7, 11) is 4.15. The lowest BCUT2D eigenvalue weighted by atomic mass is 10.1. The molecule has 7 nitrogen and oxygen atoms in total. The van der Waals surface area contributed by atoms with Crippen molar-refractivity contribution in [1.29, 1.82) is 0 Å². The lowest BCUT2D eigenvalue weighted by molar-refractivity contribution is 0.102. The largest absolute Gasteiger partial charge is 0.490 e. The number of pyridine rings is 1. The maximum absolute atomic E-state index is 12.7. The average molecular weight is 422 g/mol. The number of anilines is 1. The van der Waals surface area contributed by atoms with Crippen LogP contribution in [0.25, 0.3) is 10.9 Å². The summed E-state index contributed by atoms with van der Waals surface area (Å²) >= 11 is 0. The number of hydrogen-bond acceptors (Lipinski definition) is 5. The molecule has 7 heteroatoms. The monoisotopic (exact) mass is 421 g/mol. The minimum Gasteiger partial charge on any atom is -0.490 e. The third kappa shape index (κ3) is 5.06. The maximum Gasteiger partial charge on any atom is 0.256 e. The van der Waals surface area contributed by atoms with Crippen molar-refractivity contribution in [3.63, 3.8) is 0 Å². The molecule has 1 atom stereocenters. The van der Waals surface area contributed by atoms with Gasteiger partial charge in [0.15, 0.2) is 0 Å². The summed E-state index contributed by atoms with van der Waals surface area (Å²) in [6.07, 6.45) is 5.05. The van der Waals surface area contributed by atoms with E-state index in [1.54, 1.807) is 18.3 Å². The van der Waals surface area contributed by atoms with Crippen LogP contribution >= 0.6 is 0 Å². The Kier molecular flexibility index (Phi) is 6.53. The van der Waals surface area contributed by atoms with Crippen LogP contribution in [0.15, 0.2) is 42.6 Å². The fraction of sp³-hybridized carbons (Fsp3) is 0.417. The van der Waals surface area contributed by atoms with Gasteiger partial charge in [0, 0.05) is 34.9 Å². The Morgan fingerprint density at radius 3 is 2.65 bits per heavy atom. The molecule has 0 radical (unpaired) electrons. The highest BCUT2D eigenvalue weighted by Gasteiger charge is 2.16.